The molecule has 2 saturated heterocycles. The number of rotatable bonds is 52. The van der Waals surface area contributed by atoms with Crippen molar-refractivity contribution in [2.75, 3.05) is 19.8 Å². The summed E-state index contributed by atoms with van der Waals surface area (Å²) in [6.07, 6.45) is 42.3. The predicted octanol–water partition coefficient (Wildman–Crippen LogP) is 11.6. The summed E-state index contributed by atoms with van der Waals surface area (Å²) >= 11 is 0. The van der Waals surface area contributed by atoms with E-state index < -0.39 is 86.8 Å². The van der Waals surface area contributed by atoms with Crippen LogP contribution in [-0.4, -0.2) is 140 Å². The number of nitrogens with one attached hydrogen (secondary N) is 1. The van der Waals surface area contributed by atoms with Gasteiger partial charge in [-0.05, 0) is 32.1 Å². The summed E-state index contributed by atoms with van der Waals surface area (Å²) in [6, 6.07) is -0.928. The Morgan fingerprint density at radius 3 is 1.27 bits per heavy atom. The first-order valence-electron chi connectivity index (χ1n) is 32.1. The molecule has 2 heterocycles. The maximum Gasteiger partial charge on any atom is 0.220 e. The fourth-order valence-electron chi connectivity index (χ4n) is 10.7. The molecule has 0 aromatic rings. The predicted molar refractivity (Wildman–Crippen MR) is 309 cm³/mol. The van der Waals surface area contributed by atoms with Crippen molar-refractivity contribution in [1.82, 2.24) is 5.32 Å². The van der Waals surface area contributed by atoms with Gasteiger partial charge in [0.15, 0.2) is 12.6 Å². The second-order valence-corrected chi connectivity index (χ2v) is 22.9. The molecule has 0 saturated carbocycles. The molecule has 0 bridgehead atoms. The molecule has 0 aromatic heterocycles. The summed E-state index contributed by atoms with van der Waals surface area (Å²) in [7, 11) is 0. The van der Waals surface area contributed by atoms with Crippen molar-refractivity contribution in [1.29, 1.82) is 0 Å². The first-order chi connectivity index (χ1) is 37.6. The van der Waals surface area contributed by atoms with Gasteiger partial charge >= 0.3 is 0 Å². The minimum atomic E-state index is -1.79. The van der Waals surface area contributed by atoms with Gasteiger partial charge in [0.1, 0.15) is 48.8 Å². The van der Waals surface area contributed by atoms with E-state index in [9.17, 15) is 45.6 Å². The van der Waals surface area contributed by atoms with Gasteiger partial charge in [0.2, 0.25) is 5.91 Å². The number of aliphatic hydroxyl groups is 8. The zero-order chi connectivity index (χ0) is 56.0. The van der Waals surface area contributed by atoms with Gasteiger partial charge in [-0.1, -0.05) is 263 Å². The summed E-state index contributed by atoms with van der Waals surface area (Å²) in [4.78, 5) is 13.3. The lowest BCUT2D eigenvalue weighted by Gasteiger charge is -2.46. The van der Waals surface area contributed by atoms with Crippen LogP contribution in [0.2, 0.25) is 0 Å². The van der Waals surface area contributed by atoms with Gasteiger partial charge in [0.25, 0.3) is 0 Å². The molecule has 12 unspecified atom stereocenters. The molecule has 2 fully saturated rings. The van der Waals surface area contributed by atoms with Crippen LogP contribution in [-0.2, 0) is 23.7 Å². The van der Waals surface area contributed by atoms with E-state index in [2.05, 4.69) is 31.3 Å². The monoisotopic (exact) mass is 1100 g/mol. The Kier molecular flexibility index (Phi) is 45.7. The van der Waals surface area contributed by atoms with E-state index in [1.807, 2.05) is 6.08 Å². The molecule has 454 valence electrons. The molecule has 77 heavy (non-hydrogen) atoms. The van der Waals surface area contributed by atoms with Crippen LogP contribution >= 0.6 is 0 Å². The van der Waals surface area contributed by atoms with Crippen LogP contribution in [0.5, 0.6) is 0 Å². The standard InChI is InChI=1S/C63H119NO13/c1-3-5-7-9-11-13-15-17-19-21-22-23-24-25-26-27-28-29-31-33-35-37-39-41-43-45-47-55(68)64-51(52(67)46-44-42-40-38-36-34-32-30-20-18-16-14-12-10-8-6-4-2)50-74-62-60(73)58(71)61(54(49-66)76-62)77-63-59(72)57(70)56(69)53(48-65)75-63/h36,38,44,46,51-54,56-63,65-67,69-73H,3-35,37,39-43,45,47-50H2,1-2H3,(H,64,68)/b38-36+,46-44+. The Hall–Kier alpha value is -1.53. The van der Waals surface area contributed by atoms with Crippen molar-refractivity contribution in [3.8, 4) is 0 Å². The minimum Gasteiger partial charge on any atom is -0.394 e. The summed E-state index contributed by atoms with van der Waals surface area (Å²) in [6.45, 7) is 2.81. The zero-order valence-corrected chi connectivity index (χ0v) is 49.0. The van der Waals surface area contributed by atoms with Gasteiger partial charge in [0.05, 0.1) is 32.0 Å². The van der Waals surface area contributed by atoms with Gasteiger partial charge in [-0.15, -0.1) is 0 Å². The molecule has 1 amide bonds. The number of amides is 1. The molecule has 0 aliphatic carbocycles. The number of hydrogen-bond acceptors (Lipinski definition) is 13. The van der Waals surface area contributed by atoms with Gasteiger partial charge < -0.3 is 65.1 Å². The molecule has 14 heteroatoms. The third-order valence-electron chi connectivity index (χ3n) is 15.9. The summed E-state index contributed by atoms with van der Waals surface area (Å²) < 4.78 is 22.8. The van der Waals surface area contributed by atoms with Gasteiger partial charge in [0, 0.05) is 6.42 Å². The van der Waals surface area contributed by atoms with Crippen LogP contribution < -0.4 is 5.32 Å². The second-order valence-electron chi connectivity index (χ2n) is 22.9. The Morgan fingerprint density at radius 2 is 0.831 bits per heavy atom. The topological polar surface area (TPSA) is 228 Å². The van der Waals surface area contributed by atoms with E-state index in [4.69, 9.17) is 18.9 Å². The van der Waals surface area contributed by atoms with Gasteiger partial charge in [-0.3, -0.25) is 4.79 Å². The quantitative estimate of drug-likeness (QED) is 0.0204. The number of hydrogen-bond donors (Lipinski definition) is 9. The lowest BCUT2D eigenvalue weighted by molar-refractivity contribution is -0.359. The highest BCUT2D eigenvalue weighted by Crippen LogP contribution is 2.30. The highest BCUT2D eigenvalue weighted by molar-refractivity contribution is 5.76. The number of carbonyl (C=O) groups is 1. The van der Waals surface area contributed by atoms with E-state index in [1.54, 1.807) is 6.08 Å². The fraction of sp³-hybridized carbons (Fsp3) is 0.921. The molecule has 0 spiro atoms. The van der Waals surface area contributed by atoms with Crippen LogP contribution in [0.4, 0.5) is 0 Å². The van der Waals surface area contributed by atoms with E-state index >= 15 is 0 Å². The highest BCUT2D eigenvalue weighted by Gasteiger charge is 2.51. The first kappa shape index (κ1) is 71.6. The van der Waals surface area contributed by atoms with E-state index in [1.165, 1.54) is 212 Å². The molecule has 2 rings (SSSR count). The van der Waals surface area contributed by atoms with Crippen LogP contribution in [0.3, 0.4) is 0 Å². The highest BCUT2D eigenvalue weighted by atomic mass is 16.7. The molecule has 0 aromatic carbocycles. The number of allylic oxidation sites excluding steroid dienone is 3. The minimum absolute atomic E-state index is 0.243. The average Bonchev–Trinajstić information content (AvgIpc) is 3.44. The number of unbranched alkanes of at least 4 members (excludes halogenated alkanes) is 37. The fourth-order valence-corrected chi connectivity index (χ4v) is 10.7. The molecule has 2 aliphatic rings. The van der Waals surface area contributed by atoms with E-state index in [0.717, 1.165) is 32.1 Å². The molecule has 9 N–H and O–H groups in total. The number of aliphatic hydroxyl groups excluding tert-OH is 8. The third-order valence-corrected chi connectivity index (χ3v) is 15.9. The van der Waals surface area contributed by atoms with Crippen molar-refractivity contribution in [2.45, 2.75) is 351 Å². The van der Waals surface area contributed by atoms with Crippen molar-refractivity contribution in [3.05, 3.63) is 24.3 Å². The van der Waals surface area contributed by atoms with Crippen LogP contribution in [0.1, 0.15) is 277 Å². The van der Waals surface area contributed by atoms with Crippen LogP contribution in [0.15, 0.2) is 24.3 Å². The largest absolute Gasteiger partial charge is 0.394 e. The molecule has 0 radical (unpaired) electrons. The molecule has 2 aliphatic heterocycles. The lowest BCUT2D eigenvalue weighted by Crippen LogP contribution is -2.65. The Morgan fingerprint density at radius 1 is 0.455 bits per heavy atom. The summed E-state index contributed by atoms with van der Waals surface area (Å²) in [5.41, 5.74) is 0. The molecule has 12 atom stereocenters. The van der Waals surface area contributed by atoms with Crippen molar-refractivity contribution >= 4 is 5.91 Å². The lowest BCUT2D eigenvalue weighted by atomic mass is 9.97. The SMILES string of the molecule is CCCCCCCCCCCCC/C=C/CC/C=C/C(O)C(COC1OC(CO)C(OC2OC(CO)C(O)C(O)C2O)C(O)C1O)NC(=O)CCCCCCCCCCCCCCCCCCCCCCCCCCCC. The normalized spacial score (nSPS) is 24.8. The average molecular weight is 1100 g/mol. The summed E-state index contributed by atoms with van der Waals surface area (Å²) in [5, 5.41) is 87.2. The maximum absolute atomic E-state index is 13.3. The Labute approximate surface area is 468 Å². The van der Waals surface area contributed by atoms with Crippen molar-refractivity contribution in [2.24, 2.45) is 0 Å². The zero-order valence-electron chi connectivity index (χ0n) is 49.0. The van der Waals surface area contributed by atoms with Gasteiger partial charge in [-0.2, -0.15) is 0 Å². The van der Waals surface area contributed by atoms with Crippen LogP contribution in [0.25, 0.3) is 0 Å². The Balaban J connectivity index is 1.71. The first-order valence-corrected chi connectivity index (χ1v) is 32.1. The van der Waals surface area contributed by atoms with E-state index in [-0.39, 0.29) is 18.9 Å². The third kappa shape index (κ3) is 34.5. The smallest absolute Gasteiger partial charge is 0.220 e. The van der Waals surface area contributed by atoms with Crippen molar-refractivity contribution in [3.63, 3.8) is 0 Å². The van der Waals surface area contributed by atoms with Gasteiger partial charge in [-0.25, -0.2) is 0 Å². The maximum atomic E-state index is 13.3. The van der Waals surface area contributed by atoms with Crippen LogP contribution in [0, 0.1) is 0 Å². The number of carbonyl (C=O) groups excluding carboxylic acids is 1. The van der Waals surface area contributed by atoms with Crippen molar-refractivity contribution < 1.29 is 64.6 Å². The van der Waals surface area contributed by atoms with E-state index in [0.29, 0.717) is 12.8 Å². The summed E-state index contributed by atoms with van der Waals surface area (Å²) in [5.74, 6) is -0.243. The number of ether oxygens (including phenoxy) is 4. The molecule has 14 nitrogen and oxygen atoms in total. The Bertz CT molecular complexity index is 1390. The molecular weight excluding hydrogens is 979 g/mol. The molecular formula is C63H119NO13. The second kappa shape index (κ2) is 49.1.